The summed E-state index contributed by atoms with van der Waals surface area (Å²) in [6, 6.07) is 8.08. The van der Waals surface area contributed by atoms with Crippen molar-refractivity contribution in [3.05, 3.63) is 65.7 Å². The summed E-state index contributed by atoms with van der Waals surface area (Å²) in [5.74, 6) is 0.151. The highest BCUT2D eigenvalue weighted by Crippen LogP contribution is 2.31. The van der Waals surface area contributed by atoms with Crippen LogP contribution in [0.4, 0.5) is 0 Å². The van der Waals surface area contributed by atoms with Crippen molar-refractivity contribution in [2.24, 2.45) is 0 Å². The van der Waals surface area contributed by atoms with E-state index in [9.17, 15) is 4.79 Å². The number of carbonyl (C=O) groups excluding carboxylic acids is 1. The molecule has 1 fully saturated rings. The SMILES string of the molecule is O=C(Cc1csc(-n2cccc2)n1)N1CCCC[C@@H]1c1cccnc1. The third-order valence-corrected chi connectivity index (χ3v) is 5.49. The summed E-state index contributed by atoms with van der Waals surface area (Å²) in [5.41, 5.74) is 1.97. The molecular weight excluding hydrogens is 332 g/mol. The van der Waals surface area contributed by atoms with Gasteiger partial charge in [-0.1, -0.05) is 6.07 Å². The molecule has 0 bridgehead atoms. The van der Waals surface area contributed by atoms with E-state index in [1.165, 1.54) is 0 Å². The Morgan fingerprint density at radius 2 is 2.12 bits per heavy atom. The van der Waals surface area contributed by atoms with Gasteiger partial charge in [-0.25, -0.2) is 4.98 Å². The largest absolute Gasteiger partial charge is 0.335 e. The maximum Gasteiger partial charge on any atom is 0.229 e. The summed E-state index contributed by atoms with van der Waals surface area (Å²) in [6.45, 7) is 0.812. The first kappa shape index (κ1) is 16.0. The van der Waals surface area contributed by atoms with Crippen LogP contribution in [0.5, 0.6) is 0 Å². The van der Waals surface area contributed by atoms with Crippen molar-refractivity contribution in [2.45, 2.75) is 31.7 Å². The molecule has 4 heterocycles. The molecule has 0 aromatic carbocycles. The van der Waals surface area contributed by atoms with E-state index in [4.69, 9.17) is 0 Å². The third-order valence-electron chi connectivity index (χ3n) is 4.59. The lowest BCUT2D eigenvalue weighted by Crippen LogP contribution is -2.39. The average Bonchev–Trinajstić information content (AvgIpc) is 3.34. The number of hydrogen-bond donors (Lipinski definition) is 0. The van der Waals surface area contributed by atoms with E-state index in [1.807, 2.05) is 51.6 Å². The highest BCUT2D eigenvalue weighted by atomic mass is 32.1. The van der Waals surface area contributed by atoms with Crippen LogP contribution < -0.4 is 0 Å². The minimum absolute atomic E-state index is 0.137. The molecule has 0 aliphatic carbocycles. The minimum Gasteiger partial charge on any atom is -0.335 e. The molecule has 25 heavy (non-hydrogen) atoms. The Hall–Kier alpha value is -2.47. The van der Waals surface area contributed by atoms with Gasteiger partial charge in [0.25, 0.3) is 0 Å². The van der Waals surface area contributed by atoms with Gasteiger partial charge in [-0.15, -0.1) is 11.3 Å². The second kappa shape index (κ2) is 7.19. The van der Waals surface area contributed by atoms with Crippen LogP contribution in [-0.4, -0.2) is 31.9 Å². The standard InChI is InChI=1S/C19H20N4OS/c24-18(12-16-14-25-19(21-16)22-9-3-4-10-22)23-11-2-1-7-17(23)15-6-5-8-20-13-15/h3-6,8-10,13-14,17H,1-2,7,11-12H2/t17-/m1/s1. The Balaban J connectivity index is 1.49. The van der Waals surface area contributed by atoms with E-state index in [1.54, 1.807) is 17.5 Å². The average molecular weight is 352 g/mol. The van der Waals surface area contributed by atoms with Gasteiger partial charge in [0.2, 0.25) is 5.91 Å². The number of pyridine rings is 1. The molecule has 1 aliphatic heterocycles. The molecule has 0 unspecified atom stereocenters. The zero-order chi connectivity index (χ0) is 17.1. The molecule has 0 saturated carbocycles. The van der Waals surface area contributed by atoms with Crippen LogP contribution in [0.25, 0.3) is 5.13 Å². The Labute approximate surface area is 151 Å². The second-order valence-electron chi connectivity index (χ2n) is 6.27. The summed E-state index contributed by atoms with van der Waals surface area (Å²) >= 11 is 1.56. The van der Waals surface area contributed by atoms with Crippen molar-refractivity contribution in [3.63, 3.8) is 0 Å². The van der Waals surface area contributed by atoms with E-state index in [-0.39, 0.29) is 11.9 Å². The van der Waals surface area contributed by atoms with E-state index in [0.29, 0.717) is 6.42 Å². The van der Waals surface area contributed by atoms with Crippen molar-refractivity contribution in [1.82, 2.24) is 19.4 Å². The van der Waals surface area contributed by atoms with E-state index in [2.05, 4.69) is 16.0 Å². The molecule has 1 saturated heterocycles. The Kier molecular flexibility index (Phi) is 4.61. The number of hydrogen-bond acceptors (Lipinski definition) is 4. The molecule has 1 amide bonds. The Bertz CT molecular complexity index is 828. The van der Waals surface area contributed by atoms with Crippen LogP contribution in [0.2, 0.25) is 0 Å². The first-order valence-electron chi connectivity index (χ1n) is 8.58. The third kappa shape index (κ3) is 3.49. The van der Waals surface area contributed by atoms with Gasteiger partial charge in [0.15, 0.2) is 5.13 Å². The summed E-state index contributed by atoms with van der Waals surface area (Å²) < 4.78 is 1.97. The zero-order valence-electron chi connectivity index (χ0n) is 13.9. The lowest BCUT2D eigenvalue weighted by Gasteiger charge is -2.36. The molecule has 1 atom stereocenters. The summed E-state index contributed by atoms with van der Waals surface area (Å²) in [6.07, 6.45) is 11.2. The predicted octanol–water partition coefficient (Wildman–Crippen LogP) is 3.63. The fourth-order valence-electron chi connectivity index (χ4n) is 3.36. The van der Waals surface area contributed by atoms with Crippen LogP contribution in [0.15, 0.2) is 54.4 Å². The first-order chi connectivity index (χ1) is 12.3. The zero-order valence-corrected chi connectivity index (χ0v) is 14.7. The summed E-state index contributed by atoms with van der Waals surface area (Å²) in [4.78, 5) is 23.7. The highest BCUT2D eigenvalue weighted by molar-refractivity contribution is 7.12. The number of thiazole rings is 1. The van der Waals surface area contributed by atoms with Gasteiger partial charge >= 0.3 is 0 Å². The van der Waals surface area contributed by atoms with Gasteiger partial charge < -0.3 is 9.47 Å². The van der Waals surface area contributed by atoms with E-state index >= 15 is 0 Å². The normalized spacial score (nSPS) is 17.6. The molecule has 3 aromatic heterocycles. The lowest BCUT2D eigenvalue weighted by atomic mass is 9.96. The van der Waals surface area contributed by atoms with E-state index in [0.717, 1.165) is 42.2 Å². The number of nitrogens with zero attached hydrogens (tertiary/aromatic N) is 4. The molecule has 6 heteroatoms. The number of likely N-dealkylation sites (tertiary alicyclic amines) is 1. The van der Waals surface area contributed by atoms with Crippen LogP contribution in [-0.2, 0) is 11.2 Å². The highest BCUT2D eigenvalue weighted by Gasteiger charge is 2.28. The Morgan fingerprint density at radius 3 is 2.92 bits per heavy atom. The molecule has 128 valence electrons. The fourth-order valence-corrected chi connectivity index (χ4v) is 4.16. The number of aromatic nitrogens is 3. The topological polar surface area (TPSA) is 51.0 Å². The quantitative estimate of drug-likeness (QED) is 0.720. The number of carbonyl (C=O) groups is 1. The van der Waals surface area contributed by atoms with Gasteiger partial charge in [0.05, 0.1) is 18.2 Å². The van der Waals surface area contributed by atoms with Crippen LogP contribution in [0.3, 0.4) is 0 Å². The van der Waals surface area contributed by atoms with Gasteiger partial charge in [-0.3, -0.25) is 9.78 Å². The first-order valence-corrected chi connectivity index (χ1v) is 9.46. The van der Waals surface area contributed by atoms with Gasteiger partial charge in [-0.2, -0.15) is 0 Å². The monoisotopic (exact) mass is 352 g/mol. The van der Waals surface area contributed by atoms with Crippen molar-refractivity contribution >= 4 is 17.2 Å². The predicted molar refractivity (Wildman–Crippen MR) is 97.7 cm³/mol. The Morgan fingerprint density at radius 1 is 1.24 bits per heavy atom. The molecule has 0 N–H and O–H groups in total. The number of rotatable bonds is 4. The summed E-state index contributed by atoms with van der Waals surface area (Å²) in [5, 5.41) is 2.88. The molecule has 0 radical (unpaired) electrons. The van der Waals surface area contributed by atoms with Gasteiger partial charge in [0.1, 0.15) is 0 Å². The van der Waals surface area contributed by atoms with Crippen molar-refractivity contribution < 1.29 is 4.79 Å². The maximum absolute atomic E-state index is 12.9. The van der Waals surface area contributed by atoms with Crippen molar-refractivity contribution in [2.75, 3.05) is 6.54 Å². The molecule has 1 aliphatic rings. The van der Waals surface area contributed by atoms with Crippen LogP contribution in [0, 0.1) is 0 Å². The second-order valence-corrected chi connectivity index (χ2v) is 7.11. The maximum atomic E-state index is 12.9. The molecule has 0 spiro atoms. The molecule has 5 nitrogen and oxygen atoms in total. The molecule has 4 rings (SSSR count). The van der Waals surface area contributed by atoms with E-state index < -0.39 is 0 Å². The minimum atomic E-state index is 0.137. The number of amides is 1. The van der Waals surface area contributed by atoms with Gasteiger partial charge in [-0.05, 0) is 43.0 Å². The smallest absolute Gasteiger partial charge is 0.229 e. The molecule has 3 aromatic rings. The lowest BCUT2D eigenvalue weighted by molar-refractivity contribution is -0.134. The number of piperidine rings is 1. The van der Waals surface area contributed by atoms with Crippen LogP contribution >= 0.6 is 11.3 Å². The van der Waals surface area contributed by atoms with Crippen molar-refractivity contribution in [3.8, 4) is 5.13 Å². The van der Waals surface area contributed by atoms with Crippen LogP contribution in [0.1, 0.15) is 36.6 Å². The van der Waals surface area contributed by atoms with Gasteiger partial charge in [0, 0.05) is 36.7 Å². The van der Waals surface area contributed by atoms with Crippen molar-refractivity contribution in [1.29, 1.82) is 0 Å². The fraction of sp³-hybridized carbons (Fsp3) is 0.316. The summed E-state index contributed by atoms with van der Waals surface area (Å²) in [7, 11) is 0. The molecular formula is C19H20N4OS.